The lowest BCUT2D eigenvalue weighted by Gasteiger charge is -2.34. The summed E-state index contributed by atoms with van der Waals surface area (Å²) >= 11 is 0. The van der Waals surface area contributed by atoms with Crippen LogP contribution in [0.25, 0.3) is 0 Å². The Morgan fingerprint density at radius 3 is 2.06 bits per heavy atom. The molecule has 0 aliphatic rings. The van der Waals surface area contributed by atoms with Gasteiger partial charge in [0.15, 0.2) is 11.5 Å². The number of alkyl halides is 3. The number of rotatable bonds is 9. The fourth-order valence-electron chi connectivity index (χ4n) is 3.26. The third-order valence-corrected chi connectivity index (χ3v) is 4.88. The van der Waals surface area contributed by atoms with Crippen molar-refractivity contribution in [2.75, 3.05) is 28.4 Å². The number of benzene rings is 2. The molecule has 0 fully saturated rings. The Kier molecular flexibility index (Phi) is 8.09. The number of methoxy groups -OCH3 is 4. The Hall–Kier alpha value is -3.27. The minimum Gasteiger partial charge on any atom is -0.493 e. The number of halogens is 3. The number of hydrogen-bond acceptors (Lipinski definition) is 6. The van der Waals surface area contributed by atoms with Crippen molar-refractivity contribution >= 4 is 11.9 Å². The van der Waals surface area contributed by atoms with Gasteiger partial charge in [0.25, 0.3) is 11.5 Å². The summed E-state index contributed by atoms with van der Waals surface area (Å²) in [5, 5.41) is 2.15. The molecule has 1 N–H and O–H groups in total. The van der Waals surface area contributed by atoms with Crippen LogP contribution in [-0.4, -0.2) is 52.5 Å². The first-order chi connectivity index (χ1) is 15.1. The summed E-state index contributed by atoms with van der Waals surface area (Å²) in [4.78, 5) is 25.3. The monoisotopic (exact) mass is 455 g/mol. The third-order valence-electron chi connectivity index (χ3n) is 4.88. The van der Waals surface area contributed by atoms with E-state index >= 15 is 0 Å². The molecular formula is C22H24F3NO6. The summed E-state index contributed by atoms with van der Waals surface area (Å²) < 4.78 is 62.2. The molecule has 10 heteroatoms. The highest BCUT2D eigenvalue weighted by atomic mass is 19.4. The van der Waals surface area contributed by atoms with Gasteiger partial charge in [-0.3, -0.25) is 4.79 Å². The maximum absolute atomic E-state index is 14.1. The number of ether oxygens (including phenoxy) is 4. The molecule has 0 unspecified atom stereocenters. The van der Waals surface area contributed by atoms with Crippen LogP contribution in [-0.2, 0) is 31.1 Å². The molecule has 0 saturated carbocycles. The minimum atomic E-state index is -5.11. The Morgan fingerprint density at radius 1 is 0.938 bits per heavy atom. The van der Waals surface area contributed by atoms with Crippen molar-refractivity contribution in [1.29, 1.82) is 0 Å². The van der Waals surface area contributed by atoms with Crippen molar-refractivity contribution in [3.63, 3.8) is 0 Å². The normalized spacial score (nSPS) is 14.1. The van der Waals surface area contributed by atoms with Gasteiger partial charge in [-0.2, -0.15) is 13.2 Å². The van der Waals surface area contributed by atoms with Crippen molar-refractivity contribution in [3.05, 3.63) is 59.7 Å². The Balaban J connectivity index is 2.42. The molecule has 2 atom stereocenters. The second kappa shape index (κ2) is 10.4. The van der Waals surface area contributed by atoms with Gasteiger partial charge in [0, 0.05) is 19.1 Å². The van der Waals surface area contributed by atoms with Crippen LogP contribution in [0.1, 0.15) is 11.1 Å². The number of carbonyl (C=O) groups excluding carboxylic acids is 2. The molecule has 0 aliphatic carbocycles. The van der Waals surface area contributed by atoms with E-state index in [9.17, 15) is 22.8 Å². The summed E-state index contributed by atoms with van der Waals surface area (Å²) in [6.45, 7) is 0. The zero-order chi connectivity index (χ0) is 23.9. The summed E-state index contributed by atoms with van der Waals surface area (Å²) in [5.74, 6) is -1.69. The zero-order valence-corrected chi connectivity index (χ0v) is 18.0. The van der Waals surface area contributed by atoms with Crippen LogP contribution in [0.5, 0.6) is 11.5 Å². The maximum atomic E-state index is 14.1. The molecule has 0 saturated heterocycles. The van der Waals surface area contributed by atoms with E-state index in [2.05, 4.69) is 5.32 Å². The van der Waals surface area contributed by atoms with Gasteiger partial charge in [0.2, 0.25) is 0 Å². The van der Waals surface area contributed by atoms with Crippen LogP contribution in [0, 0.1) is 0 Å². The maximum Gasteiger partial charge on any atom is 0.430 e. The van der Waals surface area contributed by atoms with Crippen LogP contribution >= 0.6 is 0 Å². The molecule has 0 spiro atoms. The average molecular weight is 455 g/mol. The van der Waals surface area contributed by atoms with Crippen molar-refractivity contribution in [2.24, 2.45) is 0 Å². The van der Waals surface area contributed by atoms with E-state index in [-0.39, 0.29) is 6.42 Å². The van der Waals surface area contributed by atoms with Crippen LogP contribution in [0.3, 0.4) is 0 Å². The van der Waals surface area contributed by atoms with Gasteiger partial charge in [0.05, 0.1) is 21.3 Å². The molecule has 0 heterocycles. The quantitative estimate of drug-likeness (QED) is 0.586. The molecular weight excluding hydrogens is 431 g/mol. The van der Waals surface area contributed by atoms with E-state index in [0.717, 1.165) is 26.4 Å². The largest absolute Gasteiger partial charge is 0.493 e. The summed E-state index contributed by atoms with van der Waals surface area (Å²) in [6, 6.07) is 9.74. The van der Waals surface area contributed by atoms with E-state index in [1.807, 2.05) is 0 Å². The first-order valence-corrected chi connectivity index (χ1v) is 9.41. The fraction of sp³-hybridized carbons (Fsp3) is 0.364. The SMILES string of the molecule is COC(=O)[C@H](Cc1ccc(OC)c(OC)c1)NC(=O)[C@@](OC)(c1ccccc1)C(F)(F)F. The number of carbonyl (C=O) groups is 2. The number of hydrogen-bond donors (Lipinski definition) is 1. The van der Waals surface area contributed by atoms with Crippen LogP contribution in [0.4, 0.5) is 13.2 Å². The van der Waals surface area contributed by atoms with Gasteiger partial charge in [-0.15, -0.1) is 0 Å². The lowest BCUT2D eigenvalue weighted by Crippen LogP contribution is -2.59. The number of amides is 1. The molecule has 2 aromatic carbocycles. The topological polar surface area (TPSA) is 83.1 Å². The highest BCUT2D eigenvalue weighted by molar-refractivity contribution is 5.91. The predicted octanol–water partition coefficient (Wildman–Crippen LogP) is 3.01. The van der Waals surface area contributed by atoms with Crippen molar-refractivity contribution in [1.82, 2.24) is 5.32 Å². The van der Waals surface area contributed by atoms with E-state index in [4.69, 9.17) is 18.9 Å². The standard InChI is InChI=1S/C22H24F3NO6/c1-29-17-11-10-14(13-18(17)30-2)12-16(19(27)31-3)26-20(28)21(32-4,22(23,24)25)15-8-6-5-7-9-15/h5-11,13,16H,12H2,1-4H3,(H,26,28)/t16-,21-/m0/s1. The molecule has 7 nitrogen and oxygen atoms in total. The summed E-state index contributed by atoms with van der Waals surface area (Å²) in [7, 11) is 4.71. The zero-order valence-electron chi connectivity index (χ0n) is 18.0. The Bertz CT molecular complexity index is 935. The van der Waals surface area contributed by atoms with Crippen LogP contribution < -0.4 is 14.8 Å². The Labute approximate surface area is 183 Å². The van der Waals surface area contributed by atoms with E-state index in [1.54, 1.807) is 18.2 Å². The minimum absolute atomic E-state index is 0.161. The molecule has 2 rings (SSSR count). The second-order valence-corrected chi connectivity index (χ2v) is 6.69. The fourth-order valence-corrected chi connectivity index (χ4v) is 3.26. The van der Waals surface area contributed by atoms with Crippen LogP contribution in [0.2, 0.25) is 0 Å². The van der Waals surface area contributed by atoms with Gasteiger partial charge < -0.3 is 24.3 Å². The lowest BCUT2D eigenvalue weighted by molar-refractivity contribution is -0.266. The van der Waals surface area contributed by atoms with E-state index < -0.39 is 35.3 Å². The molecule has 0 bridgehead atoms. The van der Waals surface area contributed by atoms with Crippen molar-refractivity contribution in [2.45, 2.75) is 24.2 Å². The highest BCUT2D eigenvalue weighted by Crippen LogP contribution is 2.42. The van der Waals surface area contributed by atoms with Crippen molar-refractivity contribution < 1.29 is 41.7 Å². The molecule has 0 aromatic heterocycles. The third kappa shape index (κ3) is 4.96. The average Bonchev–Trinajstić information content (AvgIpc) is 2.78. The Morgan fingerprint density at radius 2 is 1.56 bits per heavy atom. The smallest absolute Gasteiger partial charge is 0.430 e. The molecule has 0 radical (unpaired) electrons. The molecule has 2 aromatic rings. The first-order valence-electron chi connectivity index (χ1n) is 9.41. The van der Waals surface area contributed by atoms with Gasteiger partial charge in [-0.05, 0) is 17.7 Å². The van der Waals surface area contributed by atoms with Crippen molar-refractivity contribution in [3.8, 4) is 11.5 Å². The predicted molar refractivity (Wildman–Crippen MR) is 108 cm³/mol. The molecule has 1 amide bonds. The number of nitrogens with one attached hydrogen (secondary N) is 1. The molecule has 32 heavy (non-hydrogen) atoms. The summed E-state index contributed by atoms with van der Waals surface area (Å²) in [6.07, 6.45) is -5.28. The van der Waals surface area contributed by atoms with Gasteiger partial charge >= 0.3 is 12.1 Å². The number of esters is 1. The van der Waals surface area contributed by atoms with Gasteiger partial charge in [-0.1, -0.05) is 36.4 Å². The second-order valence-electron chi connectivity index (χ2n) is 6.69. The first kappa shape index (κ1) is 25.0. The lowest BCUT2D eigenvalue weighted by atomic mass is 9.91. The molecule has 0 aliphatic heterocycles. The highest BCUT2D eigenvalue weighted by Gasteiger charge is 2.63. The van der Waals surface area contributed by atoms with Gasteiger partial charge in [-0.25, -0.2) is 4.79 Å². The van der Waals surface area contributed by atoms with Gasteiger partial charge in [0.1, 0.15) is 6.04 Å². The molecule has 174 valence electrons. The summed E-state index contributed by atoms with van der Waals surface area (Å²) in [5.41, 5.74) is -3.26. The van der Waals surface area contributed by atoms with E-state index in [0.29, 0.717) is 17.1 Å². The van der Waals surface area contributed by atoms with E-state index in [1.165, 1.54) is 32.4 Å². The van der Waals surface area contributed by atoms with Crippen LogP contribution in [0.15, 0.2) is 48.5 Å².